The van der Waals surface area contributed by atoms with Gasteiger partial charge in [0, 0.05) is 25.2 Å². The summed E-state index contributed by atoms with van der Waals surface area (Å²) >= 11 is 0. The average Bonchev–Trinajstić information content (AvgIpc) is 2.64. The van der Waals surface area contributed by atoms with Crippen LogP contribution in [0.5, 0.6) is 0 Å². The van der Waals surface area contributed by atoms with E-state index in [0.717, 1.165) is 6.42 Å². The number of carbonyl (C=O) groups excluding carboxylic acids is 2. The van der Waals surface area contributed by atoms with Crippen molar-refractivity contribution in [1.29, 1.82) is 0 Å². The van der Waals surface area contributed by atoms with Crippen LogP contribution in [-0.2, 0) is 24.3 Å². The summed E-state index contributed by atoms with van der Waals surface area (Å²) in [4.78, 5) is 23.7. The van der Waals surface area contributed by atoms with Gasteiger partial charge in [0.1, 0.15) is 0 Å². The molecular weight excluding hydrogens is 392 g/mol. The molecule has 1 N–H and O–H groups in total. The first kappa shape index (κ1) is 23.3. The highest BCUT2D eigenvalue weighted by molar-refractivity contribution is 7.89. The van der Waals surface area contributed by atoms with Gasteiger partial charge in [0.2, 0.25) is 10.0 Å². The van der Waals surface area contributed by atoms with Gasteiger partial charge in [-0.1, -0.05) is 27.7 Å². The van der Waals surface area contributed by atoms with E-state index in [1.54, 1.807) is 12.1 Å². The number of ether oxygens (including phenoxy) is 1. The molecule has 2 rings (SSSR count). The number of esters is 1. The lowest BCUT2D eigenvalue weighted by Gasteiger charge is -2.34. The van der Waals surface area contributed by atoms with Gasteiger partial charge >= 0.3 is 5.97 Å². The van der Waals surface area contributed by atoms with Gasteiger partial charge in [-0.05, 0) is 54.9 Å². The Morgan fingerprint density at radius 1 is 1.14 bits per heavy atom. The molecule has 1 heterocycles. The maximum atomic E-state index is 12.9. The molecule has 1 aliphatic heterocycles. The van der Waals surface area contributed by atoms with Crippen LogP contribution in [0, 0.1) is 17.8 Å². The zero-order chi connectivity index (χ0) is 21.6. The lowest BCUT2D eigenvalue weighted by Crippen LogP contribution is -2.42. The number of hydrogen-bond acceptors (Lipinski definition) is 5. The van der Waals surface area contributed by atoms with E-state index in [1.165, 1.54) is 16.4 Å². The van der Waals surface area contributed by atoms with Gasteiger partial charge < -0.3 is 10.1 Å². The third-order valence-corrected chi connectivity index (χ3v) is 6.75. The van der Waals surface area contributed by atoms with E-state index in [-0.39, 0.29) is 17.9 Å². The number of amides is 1. The van der Waals surface area contributed by atoms with Crippen LogP contribution in [0.2, 0.25) is 0 Å². The summed E-state index contributed by atoms with van der Waals surface area (Å²) in [5.74, 6) is 0.186. The van der Waals surface area contributed by atoms with E-state index >= 15 is 0 Å². The third kappa shape index (κ3) is 7.12. The molecule has 0 radical (unpaired) electrons. The first-order valence-corrected chi connectivity index (χ1v) is 11.6. The lowest BCUT2D eigenvalue weighted by atomic mass is 9.94. The molecule has 1 aromatic carbocycles. The molecule has 1 saturated heterocycles. The van der Waals surface area contributed by atoms with Crippen molar-refractivity contribution in [3.8, 4) is 0 Å². The van der Waals surface area contributed by atoms with Gasteiger partial charge in [0.05, 0.1) is 4.90 Å². The van der Waals surface area contributed by atoms with Crippen LogP contribution in [0.15, 0.2) is 29.2 Å². The SMILES string of the molecule is CC(C)CCC(=O)OCC(=O)Nc1ccc(S(=O)(=O)N2C[C@H](C)C[C@@H](C)C2)cc1. The molecule has 0 saturated carbocycles. The Kier molecular flexibility index (Phi) is 8.22. The van der Waals surface area contributed by atoms with Gasteiger partial charge in [0.15, 0.2) is 6.61 Å². The standard InChI is InChI=1S/C21H32N2O5S/c1-15(2)5-10-21(25)28-14-20(24)22-18-6-8-19(9-7-18)29(26,27)23-12-16(3)11-17(4)13-23/h6-9,15-17H,5,10-14H2,1-4H3,(H,22,24)/t16-,17-/m1/s1. The highest BCUT2D eigenvalue weighted by atomic mass is 32.2. The molecule has 1 fully saturated rings. The number of benzene rings is 1. The largest absolute Gasteiger partial charge is 0.456 e. The third-order valence-electron chi connectivity index (χ3n) is 4.90. The Bertz CT molecular complexity index is 795. The molecule has 2 atom stereocenters. The summed E-state index contributed by atoms with van der Waals surface area (Å²) in [5, 5.41) is 2.61. The molecule has 1 aromatic rings. The van der Waals surface area contributed by atoms with Crippen molar-refractivity contribution in [3.05, 3.63) is 24.3 Å². The molecule has 0 aromatic heterocycles. The van der Waals surface area contributed by atoms with Crippen LogP contribution in [-0.4, -0.2) is 44.3 Å². The maximum absolute atomic E-state index is 12.9. The molecule has 1 aliphatic rings. The molecule has 0 aliphatic carbocycles. The summed E-state index contributed by atoms with van der Waals surface area (Å²) in [6, 6.07) is 6.07. The molecule has 0 unspecified atom stereocenters. The number of nitrogens with one attached hydrogen (secondary N) is 1. The summed E-state index contributed by atoms with van der Waals surface area (Å²) in [5.41, 5.74) is 0.451. The van der Waals surface area contributed by atoms with Crippen LogP contribution in [0.3, 0.4) is 0 Å². The minimum absolute atomic E-state index is 0.205. The van der Waals surface area contributed by atoms with E-state index in [9.17, 15) is 18.0 Å². The monoisotopic (exact) mass is 424 g/mol. The van der Waals surface area contributed by atoms with Gasteiger partial charge in [0.25, 0.3) is 5.91 Å². The maximum Gasteiger partial charge on any atom is 0.306 e. The minimum Gasteiger partial charge on any atom is -0.456 e. The van der Waals surface area contributed by atoms with E-state index in [1.807, 2.05) is 13.8 Å². The number of piperidine rings is 1. The second-order valence-electron chi connectivity index (χ2n) is 8.43. The Morgan fingerprint density at radius 2 is 1.72 bits per heavy atom. The fourth-order valence-corrected chi connectivity index (χ4v) is 5.16. The van der Waals surface area contributed by atoms with Crippen LogP contribution >= 0.6 is 0 Å². The molecule has 1 amide bonds. The van der Waals surface area contributed by atoms with Crippen molar-refractivity contribution >= 4 is 27.6 Å². The van der Waals surface area contributed by atoms with Gasteiger partial charge in [-0.3, -0.25) is 9.59 Å². The predicted molar refractivity (Wildman–Crippen MR) is 112 cm³/mol. The minimum atomic E-state index is -3.56. The van der Waals surface area contributed by atoms with Crippen LogP contribution < -0.4 is 5.32 Å². The van der Waals surface area contributed by atoms with E-state index in [2.05, 4.69) is 19.2 Å². The number of nitrogens with zero attached hydrogens (tertiary/aromatic N) is 1. The number of carbonyl (C=O) groups is 2. The molecule has 0 bridgehead atoms. The topological polar surface area (TPSA) is 92.8 Å². The highest BCUT2D eigenvalue weighted by Gasteiger charge is 2.31. The number of rotatable bonds is 8. The van der Waals surface area contributed by atoms with E-state index in [0.29, 0.717) is 43.0 Å². The highest BCUT2D eigenvalue weighted by Crippen LogP contribution is 2.27. The Hall–Kier alpha value is -1.93. The fourth-order valence-electron chi connectivity index (χ4n) is 3.48. The van der Waals surface area contributed by atoms with Gasteiger partial charge in [-0.15, -0.1) is 0 Å². The van der Waals surface area contributed by atoms with Crippen LogP contribution in [0.4, 0.5) is 5.69 Å². The molecule has 162 valence electrons. The fraction of sp³-hybridized carbons (Fsp3) is 0.619. The summed E-state index contributed by atoms with van der Waals surface area (Å²) in [7, 11) is -3.56. The molecule has 8 heteroatoms. The van der Waals surface area contributed by atoms with Crippen molar-refractivity contribution in [2.24, 2.45) is 17.8 Å². The Morgan fingerprint density at radius 3 is 2.28 bits per heavy atom. The van der Waals surface area contributed by atoms with Crippen molar-refractivity contribution in [2.75, 3.05) is 25.0 Å². The van der Waals surface area contributed by atoms with Crippen molar-refractivity contribution in [3.63, 3.8) is 0 Å². The molecular formula is C21H32N2O5S. The second-order valence-corrected chi connectivity index (χ2v) is 10.4. The number of hydrogen-bond donors (Lipinski definition) is 1. The van der Waals surface area contributed by atoms with E-state index in [4.69, 9.17) is 4.74 Å². The zero-order valence-corrected chi connectivity index (χ0v) is 18.5. The Labute approximate surface area is 173 Å². The number of anilines is 1. The first-order valence-electron chi connectivity index (χ1n) is 10.1. The second kappa shape index (κ2) is 10.2. The zero-order valence-electron chi connectivity index (χ0n) is 17.7. The predicted octanol–water partition coefficient (Wildman–Crippen LogP) is 3.27. The average molecular weight is 425 g/mol. The van der Waals surface area contributed by atoms with Crippen molar-refractivity contribution in [2.45, 2.75) is 51.9 Å². The molecule has 0 spiro atoms. The first-order chi connectivity index (χ1) is 13.6. The molecule has 7 nitrogen and oxygen atoms in total. The van der Waals surface area contributed by atoms with Gasteiger partial charge in [-0.25, -0.2) is 8.42 Å². The molecule has 29 heavy (non-hydrogen) atoms. The van der Waals surface area contributed by atoms with Gasteiger partial charge in [-0.2, -0.15) is 4.31 Å². The number of sulfonamides is 1. The quantitative estimate of drug-likeness (QED) is 0.647. The van der Waals surface area contributed by atoms with Crippen molar-refractivity contribution < 1.29 is 22.7 Å². The van der Waals surface area contributed by atoms with Crippen molar-refractivity contribution in [1.82, 2.24) is 4.31 Å². The van der Waals surface area contributed by atoms with Crippen LogP contribution in [0.25, 0.3) is 0 Å². The van der Waals surface area contributed by atoms with E-state index < -0.39 is 21.9 Å². The normalized spacial score (nSPS) is 20.4. The Balaban J connectivity index is 1.91. The summed E-state index contributed by atoms with van der Waals surface area (Å²) < 4.78 is 32.2. The summed E-state index contributed by atoms with van der Waals surface area (Å²) in [6.45, 7) is 8.83. The van der Waals surface area contributed by atoms with Crippen LogP contribution in [0.1, 0.15) is 47.0 Å². The lowest BCUT2D eigenvalue weighted by molar-refractivity contribution is -0.147. The summed E-state index contributed by atoms with van der Waals surface area (Å²) in [6.07, 6.45) is 2.02. The smallest absolute Gasteiger partial charge is 0.306 e.